The Kier molecular flexibility index (Phi) is 10.5. The van der Waals surface area contributed by atoms with Crippen LogP contribution < -0.4 is 9.80 Å². The maximum atomic E-state index is 2.33. The van der Waals surface area contributed by atoms with Gasteiger partial charge in [0.2, 0.25) is 0 Å². The molecule has 9 rings (SSSR count). The molecular weight excluding hydrogens is 701 g/mol. The van der Waals surface area contributed by atoms with Crippen LogP contribution >= 0.6 is 0 Å². The molecule has 9 aromatic carbocycles. The number of nitrogens with zero attached hydrogens (tertiary/aromatic N) is 2. The summed E-state index contributed by atoms with van der Waals surface area (Å²) in [6.45, 7) is 0. The van der Waals surface area contributed by atoms with Crippen LogP contribution in [0.1, 0.15) is 11.1 Å². The minimum absolute atomic E-state index is 1.10. The van der Waals surface area contributed by atoms with Crippen molar-refractivity contribution < 1.29 is 0 Å². The largest absolute Gasteiger partial charge is 0.311 e. The molecule has 0 amide bonds. The third-order valence-corrected chi connectivity index (χ3v) is 10.5. The summed E-state index contributed by atoms with van der Waals surface area (Å²) < 4.78 is 0. The van der Waals surface area contributed by atoms with Gasteiger partial charge < -0.3 is 9.80 Å². The minimum atomic E-state index is 1.10. The highest BCUT2D eigenvalue weighted by molar-refractivity contribution is 5.82. The van der Waals surface area contributed by atoms with Gasteiger partial charge in [-0.1, -0.05) is 182 Å². The molecule has 0 unspecified atom stereocenters. The molecule has 2 nitrogen and oxygen atoms in total. The maximum Gasteiger partial charge on any atom is 0.0462 e. The van der Waals surface area contributed by atoms with E-state index in [9.17, 15) is 0 Å². The number of hydrogen-bond donors (Lipinski definition) is 0. The van der Waals surface area contributed by atoms with E-state index < -0.39 is 0 Å². The molecule has 0 aliphatic heterocycles. The Bertz CT molecular complexity index is 2570. The Morgan fingerprint density at radius 1 is 0.190 bits per heavy atom. The second-order valence-corrected chi connectivity index (χ2v) is 14.3. The summed E-state index contributed by atoms with van der Waals surface area (Å²) >= 11 is 0. The van der Waals surface area contributed by atoms with Gasteiger partial charge in [0.25, 0.3) is 0 Å². The first kappa shape index (κ1) is 36.0. The van der Waals surface area contributed by atoms with Crippen molar-refractivity contribution in [2.24, 2.45) is 0 Å². The summed E-state index contributed by atoms with van der Waals surface area (Å²) in [6, 6.07) is 86.2. The lowest BCUT2D eigenvalue weighted by atomic mass is 10.0. The van der Waals surface area contributed by atoms with Crippen molar-refractivity contribution in [2.75, 3.05) is 9.80 Å². The molecule has 2 heteroatoms. The lowest BCUT2D eigenvalue weighted by Gasteiger charge is -2.26. The SMILES string of the molecule is C(=C/c1ccc(N(c2ccccc2)c2ccccc2)cc1)/c1ccc(-c2ccc(N(c3ccc(-c4ccccc4)cc3)c3ccc(-c4ccccc4)cc3)cc2)cc1. The molecule has 0 saturated heterocycles. The summed E-state index contributed by atoms with van der Waals surface area (Å²) in [5, 5.41) is 0. The van der Waals surface area contributed by atoms with Crippen molar-refractivity contribution >= 4 is 46.3 Å². The van der Waals surface area contributed by atoms with Crippen molar-refractivity contribution in [3.8, 4) is 33.4 Å². The molecule has 0 spiro atoms. The summed E-state index contributed by atoms with van der Waals surface area (Å²) in [5.74, 6) is 0. The third kappa shape index (κ3) is 8.14. The normalized spacial score (nSPS) is 11.0. The van der Waals surface area contributed by atoms with Crippen LogP contribution in [0.3, 0.4) is 0 Å². The predicted molar refractivity (Wildman–Crippen MR) is 247 cm³/mol. The van der Waals surface area contributed by atoms with Gasteiger partial charge in [-0.15, -0.1) is 0 Å². The standard InChI is InChI=1S/C56H42N2/c1-5-13-45(14-6-1)48-29-37-54(38-30-48)58(55-39-31-49(32-40-55)46-15-7-2-8-16-46)56-41-33-50(34-42-56)47-27-23-43(24-28-47)21-22-44-25-35-53(36-26-44)57(51-17-9-3-10-18-51)52-19-11-4-12-20-52/h1-42H/b22-21-. The average Bonchev–Trinajstić information content (AvgIpc) is 3.31. The quantitative estimate of drug-likeness (QED) is 0.122. The summed E-state index contributed by atoms with van der Waals surface area (Å²) in [7, 11) is 0. The van der Waals surface area contributed by atoms with Gasteiger partial charge in [-0.3, -0.25) is 0 Å². The van der Waals surface area contributed by atoms with Gasteiger partial charge in [0.05, 0.1) is 0 Å². The first-order chi connectivity index (χ1) is 28.7. The molecule has 0 aliphatic rings. The highest BCUT2D eigenvalue weighted by Crippen LogP contribution is 2.38. The van der Waals surface area contributed by atoms with Crippen molar-refractivity contribution in [1.82, 2.24) is 0 Å². The van der Waals surface area contributed by atoms with E-state index in [-0.39, 0.29) is 0 Å². The van der Waals surface area contributed by atoms with Crippen LogP contribution in [0.5, 0.6) is 0 Å². The van der Waals surface area contributed by atoms with Crippen LogP contribution in [0.2, 0.25) is 0 Å². The van der Waals surface area contributed by atoms with Gasteiger partial charge in [0, 0.05) is 34.1 Å². The number of para-hydroxylation sites is 2. The molecule has 0 atom stereocenters. The molecule has 0 aliphatic carbocycles. The summed E-state index contributed by atoms with van der Waals surface area (Å²) in [6.07, 6.45) is 4.36. The zero-order valence-electron chi connectivity index (χ0n) is 32.1. The van der Waals surface area contributed by atoms with Gasteiger partial charge in [-0.2, -0.15) is 0 Å². The monoisotopic (exact) mass is 742 g/mol. The molecule has 0 N–H and O–H groups in total. The van der Waals surface area contributed by atoms with Crippen LogP contribution in [0.4, 0.5) is 34.1 Å². The molecule has 0 heterocycles. The van der Waals surface area contributed by atoms with E-state index in [4.69, 9.17) is 0 Å². The third-order valence-electron chi connectivity index (χ3n) is 10.5. The zero-order valence-corrected chi connectivity index (χ0v) is 32.1. The highest BCUT2D eigenvalue weighted by Gasteiger charge is 2.14. The Morgan fingerprint density at radius 3 is 0.707 bits per heavy atom. The van der Waals surface area contributed by atoms with E-state index in [1.165, 1.54) is 33.4 Å². The molecule has 9 aromatic rings. The molecule has 0 aromatic heterocycles. The molecule has 276 valence electrons. The van der Waals surface area contributed by atoms with Crippen LogP contribution in [0, 0.1) is 0 Å². The van der Waals surface area contributed by atoms with Gasteiger partial charge in [-0.25, -0.2) is 0 Å². The fourth-order valence-corrected chi connectivity index (χ4v) is 7.43. The number of benzene rings is 9. The molecule has 0 saturated carbocycles. The second-order valence-electron chi connectivity index (χ2n) is 14.3. The van der Waals surface area contributed by atoms with Crippen LogP contribution in [0.15, 0.2) is 243 Å². The molecule has 0 radical (unpaired) electrons. The van der Waals surface area contributed by atoms with E-state index in [1.807, 2.05) is 0 Å². The summed E-state index contributed by atoms with van der Waals surface area (Å²) in [5.41, 5.74) is 16.2. The van der Waals surface area contributed by atoms with Crippen molar-refractivity contribution in [1.29, 1.82) is 0 Å². The van der Waals surface area contributed by atoms with Crippen LogP contribution in [-0.2, 0) is 0 Å². The van der Waals surface area contributed by atoms with Crippen molar-refractivity contribution in [3.05, 3.63) is 254 Å². The molecule has 0 fully saturated rings. The Hall–Kier alpha value is -7.68. The van der Waals surface area contributed by atoms with E-state index in [2.05, 4.69) is 265 Å². The average molecular weight is 743 g/mol. The summed E-state index contributed by atoms with van der Waals surface area (Å²) in [4.78, 5) is 4.61. The van der Waals surface area contributed by atoms with Crippen LogP contribution in [0.25, 0.3) is 45.5 Å². The number of anilines is 6. The topological polar surface area (TPSA) is 6.48 Å². The number of rotatable bonds is 11. The number of hydrogen-bond acceptors (Lipinski definition) is 2. The fraction of sp³-hybridized carbons (Fsp3) is 0. The Morgan fingerprint density at radius 2 is 0.397 bits per heavy atom. The lowest BCUT2D eigenvalue weighted by Crippen LogP contribution is -2.09. The Balaban J connectivity index is 0.931. The van der Waals surface area contributed by atoms with E-state index in [0.717, 1.165) is 45.3 Å². The molecule has 0 bridgehead atoms. The minimum Gasteiger partial charge on any atom is -0.311 e. The van der Waals surface area contributed by atoms with Gasteiger partial charge in [0.15, 0.2) is 0 Å². The first-order valence-corrected chi connectivity index (χ1v) is 19.8. The van der Waals surface area contributed by atoms with Gasteiger partial charge >= 0.3 is 0 Å². The van der Waals surface area contributed by atoms with Crippen LogP contribution in [-0.4, -0.2) is 0 Å². The van der Waals surface area contributed by atoms with E-state index in [1.54, 1.807) is 0 Å². The van der Waals surface area contributed by atoms with E-state index >= 15 is 0 Å². The fourth-order valence-electron chi connectivity index (χ4n) is 7.43. The maximum absolute atomic E-state index is 2.33. The zero-order chi connectivity index (χ0) is 38.9. The lowest BCUT2D eigenvalue weighted by molar-refractivity contribution is 1.28. The second kappa shape index (κ2) is 17.0. The van der Waals surface area contributed by atoms with Crippen molar-refractivity contribution in [2.45, 2.75) is 0 Å². The van der Waals surface area contributed by atoms with E-state index in [0.29, 0.717) is 0 Å². The van der Waals surface area contributed by atoms with Gasteiger partial charge in [-0.05, 0) is 117 Å². The Labute approximate surface area is 341 Å². The van der Waals surface area contributed by atoms with Gasteiger partial charge in [0.1, 0.15) is 0 Å². The highest BCUT2D eigenvalue weighted by atomic mass is 15.1. The molecule has 58 heavy (non-hydrogen) atoms. The van der Waals surface area contributed by atoms with Crippen molar-refractivity contribution in [3.63, 3.8) is 0 Å². The predicted octanol–water partition coefficient (Wildman–Crippen LogP) is 15.8. The smallest absolute Gasteiger partial charge is 0.0462 e. The molecular formula is C56H42N2. The first-order valence-electron chi connectivity index (χ1n) is 19.8.